The normalized spacial score (nSPS) is 21.7. The van der Waals surface area contributed by atoms with Gasteiger partial charge >= 0.3 is 0 Å². The summed E-state index contributed by atoms with van der Waals surface area (Å²) in [5, 5.41) is 23.0. The van der Waals surface area contributed by atoms with Crippen molar-refractivity contribution in [1.82, 2.24) is 5.32 Å². The molecule has 0 bridgehead atoms. The Morgan fingerprint density at radius 1 is 1.50 bits per heavy atom. The Kier molecular flexibility index (Phi) is 4.34. The van der Waals surface area contributed by atoms with Gasteiger partial charge in [0.25, 0.3) is 11.6 Å². The van der Waals surface area contributed by atoms with Gasteiger partial charge in [0.2, 0.25) is 0 Å². The van der Waals surface area contributed by atoms with E-state index in [4.69, 9.17) is 0 Å². The van der Waals surface area contributed by atoms with E-state index in [9.17, 15) is 20.0 Å². The molecule has 2 rings (SSSR count). The van der Waals surface area contributed by atoms with E-state index in [0.717, 1.165) is 19.3 Å². The van der Waals surface area contributed by atoms with Gasteiger partial charge in [0.15, 0.2) is 0 Å². The summed E-state index contributed by atoms with van der Waals surface area (Å²) >= 11 is 0. The largest absolute Gasteiger partial charge is 0.396 e. The Morgan fingerprint density at radius 3 is 2.90 bits per heavy atom. The highest BCUT2D eigenvalue weighted by atomic mass is 16.6. The van der Waals surface area contributed by atoms with E-state index in [1.165, 1.54) is 12.1 Å². The van der Waals surface area contributed by atoms with Crippen LogP contribution in [0.5, 0.6) is 0 Å². The number of nitrogens with one attached hydrogen (secondary N) is 1. The van der Waals surface area contributed by atoms with Crippen LogP contribution in [-0.4, -0.2) is 28.6 Å². The fourth-order valence-electron chi connectivity index (χ4n) is 2.76. The third kappa shape index (κ3) is 2.80. The second-order valence-electron chi connectivity index (χ2n) is 5.16. The Bertz CT molecular complexity index is 530. The van der Waals surface area contributed by atoms with Crippen LogP contribution in [0.1, 0.15) is 35.2 Å². The minimum atomic E-state index is -0.488. The van der Waals surface area contributed by atoms with Crippen LogP contribution in [0.3, 0.4) is 0 Å². The van der Waals surface area contributed by atoms with Crippen molar-refractivity contribution in [3.05, 3.63) is 39.4 Å². The molecule has 1 aromatic carbocycles. The molecule has 0 aromatic heterocycles. The lowest BCUT2D eigenvalue weighted by Crippen LogP contribution is -2.38. The van der Waals surface area contributed by atoms with E-state index in [-0.39, 0.29) is 30.2 Å². The van der Waals surface area contributed by atoms with Crippen LogP contribution in [0.15, 0.2) is 18.2 Å². The molecule has 108 valence electrons. The standard InChI is InChI=1S/C14H18N2O4/c1-9-11(5-3-7-13(9)16(19)20)14(18)15-12-6-2-4-10(12)8-17/h3,5,7,10,12,17H,2,4,6,8H2,1H3,(H,15,18). The lowest BCUT2D eigenvalue weighted by molar-refractivity contribution is -0.385. The number of aliphatic hydroxyl groups excluding tert-OH is 1. The monoisotopic (exact) mass is 278 g/mol. The maximum absolute atomic E-state index is 12.2. The number of aliphatic hydroxyl groups is 1. The molecular weight excluding hydrogens is 260 g/mol. The topological polar surface area (TPSA) is 92.5 Å². The van der Waals surface area contributed by atoms with Crippen molar-refractivity contribution >= 4 is 11.6 Å². The molecular formula is C14H18N2O4. The van der Waals surface area contributed by atoms with E-state index < -0.39 is 4.92 Å². The molecule has 1 amide bonds. The number of benzene rings is 1. The molecule has 2 unspecified atom stereocenters. The molecule has 1 aliphatic carbocycles. The summed E-state index contributed by atoms with van der Waals surface area (Å²) in [6.45, 7) is 1.63. The zero-order valence-corrected chi connectivity index (χ0v) is 11.3. The Labute approximate surface area is 117 Å². The second-order valence-corrected chi connectivity index (χ2v) is 5.16. The fourth-order valence-corrected chi connectivity index (χ4v) is 2.76. The molecule has 2 N–H and O–H groups in total. The van der Waals surface area contributed by atoms with Gasteiger partial charge in [-0.25, -0.2) is 0 Å². The van der Waals surface area contributed by atoms with Gasteiger partial charge in [-0.1, -0.05) is 12.5 Å². The quantitative estimate of drug-likeness (QED) is 0.648. The molecule has 1 fully saturated rings. The highest BCUT2D eigenvalue weighted by Gasteiger charge is 2.29. The van der Waals surface area contributed by atoms with Gasteiger partial charge in [-0.05, 0) is 25.8 Å². The van der Waals surface area contributed by atoms with Crippen LogP contribution in [-0.2, 0) is 0 Å². The van der Waals surface area contributed by atoms with Crippen molar-refractivity contribution in [2.45, 2.75) is 32.2 Å². The van der Waals surface area contributed by atoms with Crippen LogP contribution < -0.4 is 5.32 Å². The van der Waals surface area contributed by atoms with E-state index in [1.54, 1.807) is 13.0 Å². The number of carbonyl (C=O) groups is 1. The van der Waals surface area contributed by atoms with Gasteiger partial charge in [-0.2, -0.15) is 0 Å². The molecule has 1 aromatic rings. The van der Waals surface area contributed by atoms with Crippen LogP contribution in [0.4, 0.5) is 5.69 Å². The molecule has 2 atom stereocenters. The molecule has 20 heavy (non-hydrogen) atoms. The molecule has 0 radical (unpaired) electrons. The summed E-state index contributed by atoms with van der Waals surface area (Å²) in [6, 6.07) is 4.43. The molecule has 6 heteroatoms. The molecule has 1 aliphatic rings. The number of hydrogen-bond acceptors (Lipinski definition) is 4. The molecule has 1 saturated carbocycles. The highest BCUT2D eigenvalue weighted by molar-refractivity contribution is 5.96. The van der Waals surface area contributed by atoms with Gasteiger partial charge in [-0.15, -0.1) is 0 Å². The summed E-state index contributed by atoms with van der Waals surface area (Å²) in [4.78, 5) is 22.6. The lowest BCUT2D eigenvalue weighted by Gasteiger charge is -2.19. The van der Waals surface area contributed by atoms with E-state index in [2.05, 4.69) is 5.32 Å². The smallest absolute Gasteiger partial charge is 0.273 e. The summed E-state index contributed by atoms with van der Waals surface area (Å²) in [7, 11) is 0. The molecule has 6 nitrogen and oxygen atoms in total. The Hall–Kier alpha value is -1.95. The van der Waals surface area contributed by atoms with Crippen LogP contribution in [0.25, 0.3) is 0 Å². The number of nitrogens with zero attached hydrogens (tertiary/aromatic N) is 1. The average molecular weight is 278 g/mol. The van der Waals surface area contributed by atoms with Crippen LogP contribution >= 0.6 is 0 Å². The van der Waals surface area contributed by atoms with E-state index in [0.29, 0.717) is 11.1 Å². The summed E-state index contributed by atoms with van der Waals surface area (Å²) in [6.07, 6.45) is 2.71. The summed E-state index contributed by atoms with van der Waals surface area (Å²) in [5.74, 6) is -0.227. The minimum Gasteiger partial charge on any atom is -0.396 e. The summed E-state index contributed by atoms with van der Waals surface area (Å²) < 4.78 is 0. The van der Waals surface area contributed by atoms with Gasteiger partial charge in [0, 0.05) is 35.8 Å². The Balaban J connectivity index is 2.17. The van der Waals surface area contributed by atoms with Crippen molar-refractivity contribution in [2.24, 2.45) is 5.92 Å². The number of carbonyl (C=O) groups excluding carboxylic acids is 1. The van der Waals surface area contributed by atoms with Crippen molar-refractivity contribution in [3.8, 4) is 0 Å². The third-order valence-corrected chi connectivity index (χ3v) is 3.96. The number of rotatable bonds is 4. The SMILES string of the molecule is Cc1c(C(=O)NC2CCCC2CO)cccc1[N+](=O)[O-]. The Morgan fingerprint density at radius 2 is 2.25 bits per heavy atom. The first kappa shape index (κ1) is 14.5. The van der Waals surface area contributed by atoms with Crippen molar-refractivity contribution < 1.29 is 14.8 Å². The first-order chi connectivity index (χ1) is 9.54. The van der Waals surface area contributed by atoms with E-state index >= 15 is 0 Å². The average Bonchev–Trinajstić information content (AvgIpc) is 2.85. The zero-order valence-electron chi connectivity index (χ0n) is 11.3. The van der Waals surface area contributed by atoms with Crippen LogP contribution in [0.2, 0.25) is 0 Å². The van der Waals surface area contributed by atoms with Gasteiger partial charge in [0.05, 0.1) is 4.92 Å². The van der Waals surface area contributed by atoms with Gasteiger partial charge in [-0.3, -0.25) is 14.9 Å². The third-order valence-electron chi connectivity index (χ3n) is 3.96. The molecule has 0 spiro atoms. The number of nitro benzene ring substituents is 1. The highest BCUT2D eigenvalue weighted by Crippen LogP contribution is 2.26. The minimum absolute atomic E-state index is 0.0498. The zero-order chi connectivity index (χ0) is 14.7. The van der Waals surface area contributed by atoms with Crippen molar-refractivity contribution in [2.75, 3.05) is 6.61 Å². The predicted molar refractivity (Wildman–Crippen MR) is 73.5 cm³/mol. The lowest BCUT2D eigenvalue weighted by atomic mass is 10.0. The maximum Gasteiger partial charge on any atom is 0.273 e. The first-order valence-corrected chi connectivity index (χ1v) is 6.70. The molecule has 0 heterocycles. The number of amides is 1. The fraction of sp³-hybridized carbons (Fsp3) is 0.500. The number of nitro groups is 1. The predicted octanol–water partition coefficient (Wildman–Crippen LogP) is 1.79. The number of hydrogen-bond donors (Lipinski definition) is 2. The molecule has 0 saturated heterocycles. The van der Waals surface area contributed by atoms with Gasteiger partial charge in [0.1, 0.15) is 0 Å². The van der Waals surface area contributed by atoms with Crippen molar-refractivity contribution in [1.29, 1.82) is 0 Å². The second kappa shape index (κ2) is 6.00. The summed E-state index contributed by atoms with van der Waals surface area (Å²) in [5.41, 5.74) is 0.638. The van der Waals surface area contributed by atoms with E-state index in [1.807, 2.05) is 0 Å². The van der Waals surface area contributed by atoms with Crippen molar-refractivity contribution in [3.63, 3.8) is 0 Å². The van der Waals surface area contributed by atoms with Crippen LogP contribution in [0, 0.1) is 23.0 Å². The van der Waals surface area contributed by atoms with Gasteiger partial charge < -0.3 is 10.4 Å². The molecule has 0 aliphatic heterocycles. The first-order valence-electron chi connectivity index (χ1n) is 6.70. The maximum atomic E-state index is 12.2.